The molecule has 3 aromatic rings. The van der Waals surface area contributed by atoms with Crippen LogP contribution in [0.4, 0.5) is 0 Å². The molecule has 0 spiro atoms. The van der Waals surface area contributed by atoms with Crippen LogP contribution in [0.25, 0.3) is 10.4 Å². The van der Waals surface area contributed by atoms with Crippen molar-refractivity contribution in [2.45, 2.75) is 44.7 Å². The molecule has 2 amide bonds. The molecule has 9 heteroatoms. The number of carbonyl (C=O) groups excluding carboxylic acids is 2. The molecule has 2 aromatic carbocycles. The predicted molar refractivity (Wildman–Crippen MR) is 142 cm³/mol. The van der Waals surface area contributed by atoms with Crippen LogP contribution >= 0.6 is 22.9 Å². The molecular weight excluding hydrogens is 500 g/mol. The lowest BCUT2D eigenvalue weighted by atomic mass is 9.90. The standard InChI is InChI=1S/C27H29ClN2O5S/c1-27(2,16-17-7-9-19(28)10-8-17)30(21(26(33)34)11-14-24(29)31)25(32)23-13-12-22(36-23)18-5-4-6-20(15-18)35-3/h4-10,12-13,15,21H,11,14,16H2,1-3H3,(H2,29,31)(H,33,34)/t21-/m0/s1. The van der Waals surface area contributed by atoms with E-state index < -0.39 is 29.4 Å². The molecule has 0 fully saturated rings. The van der Waals surface area contributed by atoms with Gasteiger partial charge in [-0.25, -0.2) is 4.79 Å². The van der Waals surface area contributed by atoms with Crippen LogP contribution < -0.4 is 10.5 Å². The van der Waals surface area contributed by atoms with E-state index in [0.29, 0.717) is 22.1 Å². The number of ether oxygens (including phenoxy) is 1. The first kappa shape index (κ1) is 27.2. The molecule has 0 unspecified atom stereocenters. The number of carboxylic acid groups (broad SMARTS) is 1. The minimum Gasteiger partial charge on any atom is -0.497 e. The van der Waals surface area contributed by atoms with E-state index in [9.17, 15) is 19.5 Å². The van der Waals surface area contributed by atoms with Gasteiger partial charge >= 0.3 is 5.97 Å². The molecule has 1 atom stereocenters. The van der Waals surface area contributed by atoms with E-state index in [1.807, 2.05) is 56.3 Å². The molecule has 190 valence electrons. The molecule has 3 rings (SSSR count). The number of thiophene rings is 1. The summed E-state index contributed by atoms with van der Waals surface area (Å²) < 4.78 is 5.30. The summed E-state index contributed by atoms with van der Waals surface area (Å²) in [4.78, 5) is 40.3. The van der Waals surface area contributed by atoms with Crippen LogP contribution in [-0.4, -0.2) is 46.5 Å². The van der Waals surface area contributed by atoms with Gasteiger partial charge in [-0.1, -0.05) is 35.9 Å². The number of hydrogen-bond donors (Lipinski definition) is 2. The molecule has 0 radical (unpaired) electrons. The van der Waals surface area contributed by atoms with Crippen molar-refractivity contribution in [1.82, 2.24) is 4.90 Å². The van der Waals surface area contributed by atoms with E-state index in [2.05, 4.69) is 0 Å². The van der Waals surface area contributed by atoms with Crippen LogP contribution in [-0.2, 0) is 16.0 Å². The van der Waals surface area contributed by atoms with E-state index in [0.717, 1.165) is 16.0 Å². The van der Waals surface area contributed by atoms with Crippen molar-refractivity contribution in [3.63, 3.8) is 0 Å². The zero-order chi connectivity index (χ0) is 26.5. The maximum absolute atomic E-state index is 13.9. The minimum atomic E-state index is -1.24. The van der Waals surface area contributed by atoms with Crippen molar-refractivity contribution in [2.24, 2.45) is 5.73 Å². The smallest absolute Gasteiger partial charge is 0.326 e. The molecule has 0 aliphatic rings. The number of methoxy groups -OCH3 is 1. The monoisotopic (exact) mass is 528 g/mol. The molecular formula is C27H29ClN2O5S. The Balaban J connectivity index is 2.00. The first-order chi connectivity index (χ1) is 17.0. The number of rotatable bonds is 11. The molecule has 36 heavy (non-hydrogen) atoms. The molecule has 0 bridgehead atoms. The Morgan fingerprint density at radius 2 is 1.81 bits per heavy atom. The second kappa shape index (κ2) is 11.6. The third-order valence-corrected chi connectivity index (χ3v) is 7.23. The van der Waals surface area contributed by atoms with Gasteiger partial charge in [0.15, 0.2) is 0 Å². The number of aliphatic carboxylic acids is 1. The highest BCUT2D eigenvalue weighted by Crippen LogP contribution is 2.34. The Hall–Kier alpha value is -3.36. The highest BCUT2D eigenvalue weighted by Gasteiger charge is 2.41. The molecule has 0 aliphatic heterocycles. The van der Waals surface area contributed by atoms with Crippen molar-refractivity contribution >= 4 is 40.7 Å². The molecule has 1 aromatic heterocycles. The topological polar surface area (TPSA) is 110 Å². The van der Waals surface area contributed by atoms with E-state index in [1.54, 1.807) is 25.3 Å². The second-order valence-electron chi connectivity index (χ2n) is 9.05. The van der Waals surface area contributed by atoms with E-state index in [1.165, 1.54) is 16.2 Å². The van der Waals surface area contributed by atoms with Gasteiger partial charge in [-0.3, -0.25) is 9.59 Å². The van der Waals surface area contributed by atoms with Crippen LogP contribution in [0.3, 0.4) is 0 Å². The maximum atomic E-state index is 13.9. The van der Waals surface area contributed by atoms with Crippen LogP contribution in [0, 0.1) is 0 Å². The fraction of sp³-hybridized carbons (Fsp3) is 0.296. The summed E-state index contributed by atoms with van der Waals surface area (Å²) in [7, 11) is 1.58. The lowest BCUT2D eigenvalue weighted by molar-refractivity contribution is -0.144. The van der Waals surface area contributed by atoms with Gasteiger partial charge in [-0.2, -0.15) is 0 Å². The van der Waals surface area contributed by atoms with Crippen LogP contribution in [0.2, 0.25) is 5.02 Å². The number of carboxylic acids is 1. The molecule has 3 N–H and O–H groups in total. The van der Waals surface area contributed by atoms with Crippen LogP contribution in [0.1, 0.15) is 41.9 Å². The quantitative estimate of drug-likeness (QED) is 0.353. The summed E-state index contributed by atoms with van der Waals surface area (Å²) >= 11 is 7.29. The molecule has 1 heterocycles. The van der Waals surface area contributed by atoms with E-state index in [4.69, 9.17) is 22.1 Å². The summed E-state index contributed by atoms with van der Waals surface area (Å²) in [5, 5.41) is 10.7. The Kier molecular flexibility index (Phi) is 8.76. The van der Waals surface area contributed by atoms with Crippen molar-refractivity contribution in [3.8, 4) is 16.2 Å². The van der Waals surface area contributed by atoms with Crippen molar-refractivity contribution in [2.75, 3.05) is 7.11 Å². The average molecular weight is 529 g/mol. The third-order valence-electron chi connectivity index (χ3n) is 5.85. The minimum absolute atomic E-state index is 0.0887. The first-order valence-corrected chi connectivity index (χ1v) is 12.5. The second-order valence-corrected chi connectivity index (χ2v) is 10.6. The van der Waals surface area contributed by atoms with Gasteiger partial charge in [0.1, 0.15) is 11.8 Å². The summed E-state index contributed by atoms with van der Waals surface area (Å²) in [6.45, 7) is 3.63. The first-order valence-electron chi connectivity index (χ1n) is 11.4. The van der Waals surface area contributed by atoms with Crippen LogP contribution in [0.5, 0.6) is 5.75 Å². The number of amides is 2. The van der Waals surface area contributed by atoms with Gasteiger partial charge in [-0.15, -0.1) is 11.3 Å². The van der Waals surface area contributed by atoms with Crippen molar-refractivity contribution in [3.05, 3.63) is 76.1 Å². The highest BCUT2D eigenvalue weighted by atomic mass is 35.5. The summed E-state index contributed by atoms with van der Waals surface area (Å²) in [5.74, 6) is -1.55. The lowest BCUT2D eigenvalue weighted by Crippen LogP contribution is -2.57. The highest BCUT2D eigenvalue weighted by molar-refractivity contribution is 7.17. The SMILES string of the molecule is COc1cccc(-c2ccc(C(=O)N([C@@H](CCC(N)=O)C(=O)O)C(C)(C)Cc3ccc(Cl)cc3)s2)c1. The van der Waals surface area contributed by atoms with Gasteiger partial charge in [0.25, 0.3) is 5.91 Å². The number of benzene rings is 2. The van der Waals surface area contributed by atoms with Gasteiger partial charge in [-0.05, 0) is 74.2 Å². The van der Waals surface area contributed by atoms with Gasteiger partial charge < -0.3 is 20.5 Å². The molecule has 0 saturated carbocycles. The molecule has 0 saturated heterocycles. The number of halogens is 1. The Labute approximate surface area is 219 Å². The zero-order valence-electron chi connectivity index (χ0n) is 20.4. The molecule has 7 nitrogen and oxygen atoms in total. The fourth-order valence-corrected chi connectivity index (χ4v) is 5.24. The molecule has 0 aliphatic carbocycles. The Morgan fingerprint density at radius 1 is 1.11 bits per heavy atom. The average Bonchev–Trinajstić information content (AvgIpc) is 3.33. The Bertz CT molecular complexity index is 1240. The van der Waals surface area contributed by atoms with Crippen molar-refractivity contribution in [1.29, 1.82) is 0 Å². The van der Waals surface area contributed by atoms with Crippen LogP contribution in [0.15, 0.2) is 60.7 Å². The van der Waals surface area contributed by atoms with Gasteiger partial charge in [0, 0.05) is 21.9 Å². The summed E-state index contributed by atoms with van der Waals surface area (Å²) in [6, 6.07) is 17.0. The maximum Gasteiger partial charge on any atom is 0.326 e. The van der Waals surface area contributed by atoms with Crippen molar-refractivity contribution < 1.29 is 24.2 Å². The zero-order valence-corrected chi connectivity index (χ0v) is 21.9. The predicted octanol–water partition coefficient (Wildman–Crippen LogP) is 5.26. The largest absolute Gasteiger partial charge is 0.497 e. The number of hydrogen-bond acceptors (Lipinski definition) is 5. The lowest BCUT2D eigenvalue weighted by Gasteiger charge is -2.42. The van der Waals surface area contributed by atoms with Gasteiger partial charge in [0.05, 0.1) is 12.0 Å². The number of primary amides is 1. The fourth-order valence-electron chi connectivity index (χ4n) is 4.17. The van der Waals surface area contributed by atoms with E-state index >= 15 is 0 Å². The summed E-state index contributed by atoms with van der Waals surface area (Å²) in [6.07, 6.45) is 0.135. The van der Waals surface area contributed by atoms with Gasteiger partial charge in [0.2, 0.25) is 5.91 Å². The van der Waals surface area contributed by atoms with E-state index in [-0.39, 0.29) is 12.8 Å². The number of nitrogens with zero attached hydrogens (tertiary/aromatic N) is 1. The third kappa shape index (κ3) is 6.65. The Morgan fingerprint density at radius 3 is 2.42 bits per heavy atom. The normalized spacial score (nSPS) is 12.1. The number of nitrogens with two attached hydrogens (primary N) is 1. The summed E-state index contributed by atoms with van der Waals surface area (Å²) in [5.41, 5.74) is 6.18. The number of carbonyl (C=O) groups is 3.